The Bertz CT molecular complexity index is 578. The van der Waals surface area contributed by atoms with Crippen LogP contribution in [0.5, 0.6) is 0 Å². The van der Waals surface area contributed by atoms with E-state index in [1.54, 1.807) is 26.1 Å². The zero-order chi connectivity index (χ0) is 13.8. The molecule has 100 valence electrons. The summed E-state index contributed by atoms with van der Waals surface area (Å²) in [6.45, 7) is 2.00. The van der Waals surface area contributed by atoms with Gasteiger partial charge in [0.05, 0.1) is 6.61 Å². The van der Waals surface area contributed by atoms with Crippen LogP contribution in [0, 0.1) is 5.82 Å². The molecule has 1 aromatic carbocycles. The third kappa shape index (κ3) is 3.15. The molecule has 0 fully saturated rings. The van der Waals surface area contributed by atoms with Crippen molar-refractivity contribution in [2.75, 3.05) is 6.61 Å². The number of benzene rings is 1. The summed E-state index contributed by atoms with van der Waals surface area (Å²) in [6.07, 6.45) is 0.475. The molecule has 0 aliphatic heterocycles. The Balaban J connectivity index is 2.17. The molecule has 0 radical (unpaired) electrons. The summed E-state index contributed by atoms with van der Waals surface area (Å²) in [4.78, 5) is 15.6. The van der Waals surface area contributed by atoms with Crippen molar-refractivity contribution in [1.82, 2.24) is 14.8 Å². The predicted molar refractivity (Wildman–Crippen MR) is 66.2 cm³/mol. The highest BCUT2D eigenvalue weighted by Gasteiger charge is 2.15. The first-order chi connectivity index (χ1) is 9.10. The van der Waals surface area contributed by atoms with Crippen LogP contribution in [0.3, 0.4) is 0 Å². The summed E-state index contributed by atoms with van der Waals surface area (Å²) >= 11 is 0. The van der Waals surface area contributed by atoms with E-state index in [2.05, 4.69) is 10.1 Å². The van der Waals surface area contributed by atoms with Gasteiger partial charge in [-0.25, -0.2) is 14.2 Å². The molecule has 6 heteroatoms. The number of esters is 1. The highest BCUT2D eigenvalue weighted by Crippen LogP contribution is 2.09. The van der Waals surface area contributed by atoms with E-state index in [4.69, 9.17) is 4.74 Å². The number of carbonyl (C=O) groups is 1. The van der Waals surface area contributed by atoms with Crippen LogP contribution in [0.2, 0.25) is 0 Å². The standard InChI is InChI=1S/C13H14FN3O2/c1-3-19-13(18)12-15-11(17(2)16-12)8-9-4-6-10(14)7-5-9/h4-7H,3,8H2,1-2H3. The Labute approximate surface area is 110 Å². The topological polar surface area (TPSA) is 57.0 Å². The van der Waals surface area contributed by atoms with Gasteiger partial charge >= 0.3 is 5.97 Å². The summed E-state index contributed by atoms with van der Waals surface area (Å²) in [7, 11) is 1.70. The average molecular weight is 263 g/mol. The molecule has 0 saturated heterocycles. The van der Waals surface area contributed by atoms with Gasteiger partial charge in [-0.1, -0.05) is 12.1 Å². The first-order valence-electron chi connectivity index (χ1n) is 5.91. The Kier molecular flexibility index (Phi) is 3.89. The molecule has 0 bridgehead atoms. The van der Waals surface area contributed by atoms with E-state index in [0.29, 0.717) is 12.2 Å². The first-order valence-corrected chi connectivity index (χ1v) is 5.91. The largest absolute Gasteiger partial charge is 0.460 e. The van der Waals surface area contributed by atoms with E-state index in [1.807, 2.05) is 0 Å². The maximum atomic E-state index is 12.8. The lowest BCUT2D eigenvalue weighted by Gasteiger charge is -2.00. The zero-order valence-corrected chi connectivity index (χ0v) is 10.8. The summed E-state index contributed by atoms with van der Waals surface area (Å²) in [5, 5.41) is 4.00. The van der Waals surface area contributed by atoms with Crippen molar-refractivity contribution >= 4 is 5.97 Å². The van der Waals surface area contributed by atoms with Gasteiger partial charge in [-0.15, -0.1) is 5.10 Å². The number of halogens is 1. The summed E-state index contributed by atoms with van der Waals surface area (Å²) in [6, 6.07) is 6.12. The van der Waals surface area contributed by atoms with Crippen molar-refractivity contribution in [1.29, 1.82) is 0 Å². The molecule has 2 rings (SSSR count). The molecule has 0 N–H and O–H groups in total. The number of aryl methyl sites for hydroxylation is 1. The van der Waals surface area contributed by atoms with Gasteiger partial charge < -0.3 is 4.74 Å². The van der Waals surface area contributed by atoms with Crippen molar-refractivity contribution < 1.29 is 13.9 Å². The fourth-order valence-electron chi connectivity index (χ4n) is 1.64. The lowest BCUT2D eigenvalue weighted by atomic mass is 10.1. The molecule has 0 amide bonds. The van der Waals surface area contributed by atoms with Gasteiger partial charge in [0.2, 0.25) is 0 Å². The molecular formula is C13H14FN3O2. The number of nitrogens with zero attached hydrogens (tertiary/aromatic N) is 3. The van der Waals surface area contributed by atoms with Crippen molar-refractivity contribution in [3.05, 3.63) is 47.3 Å². The smallest absolute Gasteiger partial charge is 0.378 e. The van der Waals surface area contributed by atoms with E-state index in [9.17, 15) is 9.18 Å². The van der Waals surface area contributed by atoms with Gasteiger partial charge in [0.1, 0.15) is 11.6 Å². The van der Waals surface area contributed by atoms with E-state index < -0.39 is 5.97 Å². The highest BCUT2D eigenvalue weighted by atomic mass is 19.1. The molecule has 0 aliphatic rings. The molecule has 0 saturated carbocycles. The SMILES string of the molecule is CCOC(=O)c1nc(Cc2ccc(F)cc2)n(C)n1. The highest BCUT2D eigenvalue weighted by molar-refractivity contribution is 5.84. The van der Waals surface area contributed by atoms with Crippen LogP contribution in [-0.4, -0.2) is 27.3 Å². The molecule has 5 nitrogen and oxygen atoms in total. The zero-order valence-electron chi connectivity index (χ0n) is 10.8. The van der Waals surface area contributed by atoms with Crippen molar-refractivity contribution in [3.63, 3.8) is 0 Å². The molecule has 0 atom stereocenters. The van der Waals surface area contributed by atoms with E-state index in [1.165, 1.54) is 16.8 Å². The van der Waals surface area contributed by atoms with Gasteiger partial charge in [-0.3, -0.25) is 4.68 Å². The Morgan fingerprint density at radius 1 is 1.37 bits per heavy atom. The number of rotatable bonds is 4. The molecule has 0 unspecified atom stereocenters. The van der Waals surface area contributed by atoms with Crippen LogP contribution in [0.25, 0.3) is 0 Å². The van der Waals surface area contributed by atoms with Crippen LogP contribution in [0.4, 0.5) is 4.39 Å². The number of hydrogen-bond acceptors (Lipinski definition) is 4. The second kappa shape index (κ2) is 5.60. The normalized spacial score (nSPS) is 10.5. The van der Waals surface area contributed by atoms with E-state index in [-0.39, 0.29) is 18.2 Å². The van der Waals surface area contributed by atoms with Crippen LogP contribution in [0.1, 0.15) is 28.9 Å². The molecular weight excluding hydrogens is 249 g/mol. The minimum atomic E-state index is -0.538. The van der Waals surface area contributed by atoms with Gasteiger partial charge in [-0.05, 0) is 24.6 Å². The third-order valence-corrected chi connectivity index (χ3v) is 2.59. The number of carbonyl (C=O) groups excluding carboxylic acids is 1. The maximum absolute atomic E-state index is 12.8. The molecule has 19 heavy (non-hydrogen) atoms. The van der Waals surface area contributed by atoms with Crippen molar-refractivity contribution in [2.24, 2.45) is 7.05 Å². The minimum Gasteiger partial charge on any atom is -0.460 e. The second-order valence-corrected chi connectivity index (χ2v) is 4.00. The third-order valence-electron chi connectivity index (χ3n) is 2.59. The molecule has 2 aromatic rings. The van der Waals surface area contributed by atoms with Crippen LogP contribution in [0.15, 0.2) is 24.3 Å². The van der Waals surface area contributed by atoms with Gasteiger partial charge in [0, 0.05) is 13.5 Å². The van der Waals surface area contributed by atoms with E-state index >= 15 is 0 Å². The summed E-state index contributed by atoms with van der Waals surface area (Å²) in [5.41, 5.74) is 0.896. The Morgan fingerprint density at radius 2 is 2.05 bits per heavy atom. The number of ether oxygens (including phenoxy) is 1. The van der Waals surface area contributed by atoms with Gasteiger partial charge in [0.15, 0.2) is 0 Å². The second-order valence-electron chi connectivity index (χ2n) is 4.00. The fourth-order valence-corrected chi connectivity index (χ4v) is 1.64. The van der Waals surface area contributed by atoms with Crippen LogP contribution >= 0.6 is 0 Å². The molecule has 0 spiro atoms. The predicted octanol–water partition coefficient (Wildman–Crippen LogP) is 1.72. The van der Waals surface area contributed by atoms with Crippen molar-refractivity contribution in [2.45, 2.75) is 13.3 Å². The van der Waals surface area contributed by atoms with Gasteiger partial charge in [-0.2, -0.15) is 0 Å². The monoisotopic (exact) mass is 263 g/mol. The molecule has 1 heterocycles. The average Bonchev–Trinajstić information content (AvgIpc) is 2.74. The molecule has 0 aliphatic carbocycles. The first kappa shape index (κ1) is 13.2. The molecule has 1 aromatic heterocycles. The Hall–Kier alpha value is -2.24. The fraction of sp³-hybridized carbons (Fsp3) is 0.308. The minimum absolute atomic E-state index is 0.0430. The summed E-state index contributed by atoms with van der Waals surface area (Å²) in [5.74, 6) is -0.159. The maximum Gasteiger partial charge on any atom is 0.378 e. The van der Waals surface area contributed by atoms with E-state index in [0.717, 1.165) is 5.56 Å². The lowest BCUT2D eigenvalue weighted by Crippen LogP contribution is -2.07. The van der Waals surface area contributed by atoms with Gasteiger partial charge in [0.25, 0.3) is 5.82 Å². The van der Waals surface area contributed by atoms with Crippen molar-refractivity contribution in [3.8, 4) is 0 Å². The summed E-state index contributed by atoms with van der Waals surface area (Å²) < 4.78 is 19.2. The Morgan fingerprint density at radius 3 is 2.68 bits per heavy atom. The van der Waals surface area contributed by atoms with Crippen LogP contribution in [-0.2, 0) is 18.2 Å². The number of aromatic nitrogens is 3. The van der Waals surface area contributed by atoms with Crippen LogP contribution < -0.4 is 0 Å². The number of hydrogen-bond donors (Lipinski definition) is 0. The quantitative estimate of drug-likeness (QED) is 0.788. The lowest BCUT2D eigenvalue weighted by molar-refractivity contribution is 0.0512.